The summed E-state index contributed by atoms with van der Waals surface area (Å²) in [7, 11) is 0. The van der Waals surface area contributed by atoms with Crippen LogP contribution >= 0.6 is 0 Å². The second-order valence-electron chi connectivity index (χ2n) is 14.9. The van der Waals surface area contributed by atoms with Gasteiger partial charge in [0, 0.05) is 39.1 Å². The Kier molecular flexibility index (Phi) is 11.0. The highest BCUT2D eigenvalue weighted by molar-refractivity contribution is 6.12. The van der Waals surface area contributed by atoms with Crippen molar-refractivity contribution in [2.24, 2.45) is 15.0 Å². The number of imidazole rings is 1. The minimum absolute atomic E-state index is 0.291. The fraction of sp³-hybridized carbons (Fsp3) is 0.0755. The van der Waals surface area contributed by atoms with Crippen molar-refractivity contribution in [2.45, 2.75) is 26.3 Å². The lowest BCUT2D eigenvalue weighted by Gasteiger charge is -2.15. The summed E-state index contributed by atoms with van der Waals surface area (Å²) in [6, 6.07) is 63.2. The maximum Gasteiger partial charge on any atom is 0.164 e. The van der Waals surface area contributed by atoms with Gasteiger partial charge in [-0.3, -0.25) is 9.56 Å². The van der Waals surface area contributed by atoms with Crippen molar-refractivity contribution in [2.75, 3.05) is 0 Å². The molecule has 0 aliphatic rings. The molecule has 0 aliphatic heterocycles. The number of aliphatic imine (C=N–C) groups is 3. The lowest BCUT2D eigenvalue weighted by atomic mass is 10.0. The number of fused-ring (bicyclic) bond motifs is 1. The minimum Gasteiger partial charge on any atom is -0.292 e. The Balaban J connectivity index is 1.27. The first-order chi connectivity index (χ1) is 30.0. The van der Waals surface area contributed by atoms with Crippen LogP contribution in [0.4, 0.5) is 0 Å². The van der Waals surface area contributed by atoms with Crippen LogP contribution in [0.5, 0.6) is 0 Å². The lowest BCUT2D eigenvalue weighted by molar-refractivity contribution is 0.863. The van der Waals surface area contributed by atoms with Crippen molar-refractivity contribution in [3.05, 3.63) is 210 Å². The van der Waals surface area contributed by atoms with Crippen molar-refractivity contribution >= 4 is 29.4 Å². The molecule has 0 unspecified atom stereocenters. The summed E-state index contributed by atoms with van der Waals surface area (Å²) in [5.41, 5.74) is 10.3. The molecule has 7 aromatic carbocycles. The van der Waals surface area contributed by atoms with Crippen LogP contribution < -0.4 is 0 Å². The maximum atomic E-state index is 5.30. The quantitative estimate of drug-likeness (QED) is 0.102. The van der Waals surface area contributed by atoms with Gasteiger partial charge >= 0.3 is 0 Å². The molecule has 0 bridgehead atoms. The van der Waals surface area contributed by atoms with Crippen molar-refractivity contribution < 1.29 is 0 Å². The average Bonchev–Trinajstić information content (AvgIpc) is 3.72. The molecule has 0 spiro atoms. The summed E-state index contributed by atoms with van der Waals surface area (Å²) in [6.07, 6.45) is 0. The SMILES string of the molecule is C=N/C(=N\C(=N/Cc1cc(-c2nc(-c3ccccc3)nc(-c3ccccc3)n2)cc(-c2nc3ccccc3n2-c2cccc(C(C)C)c2)c1)c1ccccc1)c1ccccc1. The molecule has 8 nitrogen and oxygen atoms in total. The molecule has 294 valence electrons. The van der Waals surface area contributed by atoms with E-state index in [0.717, 1.165) is 61.5 Å². The summed E-state index contributed by atoms with van der Waals surface area (Å²) in [5.74, 6) is 3.87. The Labute approximate surface area is 355 Å². The zero-order valence-corrected chi connectivity index (χ0v) is 34.0. The zero-order chi connectivity index (χ0) is 41.5. The standard InChI is InChI=1S/C53H42N8/c1-36(2)42-27-18-28-45(34-42)61-47-30-17-16-29-46(47)56-53(61)44-32-37(35-55-49(39-21-10-5-11-22-39)57-48(54-3)38-19-8-4-9-20-38)31-43(33-44)52-59-50(40-23-12-6-13-24-40)58-51(60-52)41-25-14-7-15-26-41/h4-34,36H,3,35H2,1-2H3/b55-49-,57-48-. The molecule has 9 aromatic rings. The number of amidine groups is 2. The smallest absolute Gasteiger partial charge is 0.164 e. The van der Waals surface area contributed by atoms with Gasteiger partial charge < -0.3 is 0 Å². The van der Waals surface area contributed by atoms with Crippen LogP contribution in [-0.2, 0) is 6.54 Å². The van der Waals surface area contributed by atoms with Crippen LogP contribution in [0.15, 0.2) is 203 Å². The second kappa shape index (κ2) is 17.5. The van der Waals surface area contributed by atoms with E-state index in [1.165, 1.54) is 5.56 Å². The first-order valence-corrected chi connectivity index (χ1v) is 20.3. The molecule has 0 radical (unpaired) electrons. The van der Waals surface area contributed by atoms with Crippen molar-refractivity contribution in [3.8, 4) is 51.2 Å². The zero-order valence-electron chi connectivity index (χ0n) is 34.0. The van der Waals surface area contributed by atoms with Gasteiger partial charge in [0.05, 0.1) is 17.6 Å². The number of benzene rings is 7. The third-order valence-corrected chi connectivity index (χ3v) is 10.4. The van der Waals surface area contributed by atoms with E-state index in [4.69, 9.17) is 29.9 Å². The molecule has 61 heavy (non-hydrogen) atoms. The van der Waals surface area contributed by atoms with E-state index in [2.05, 4.69) is 90.8 Å². The predicted octanol–water partition coefficient (Wildman–Crippen LogP) is 12.1. The van der Waals surface area contributed by atoms with Crippen molar-refractivity contribution in [3.63, 3.8) is 0 Å². The van der Waals surface area contributed by atoms with Crippen LogP contribution in [0.25, 0.3) is 62.3 Å². The fourth-order valence-corrected chi connectivity index (χ4v) is 7.31. The lowest BCUT2D eigenvalue weighted by Crippen LogP contribution is -2.06. The van der Waals surface area contributed by atoms with Crippen molar-refractivity contribution in [1.82, 2.24) is 24.5 Å². The largest absolute Gasteiger partial charge is 0.292 e. The number of aromatic nitrogens is 5. The van der Waals surface area contributed by atoms with Crippen LogP contribution in [0.1, 0.15) is 42.0 Å². The summed E-state index contributed by atoms with van der Waals surface area (Å²) >= 11 is 0. The molecule has 0 aliphatic carbocycles. The fourth-order valence-electron chi connectivity index (χ4n) is 7.31. The molecule has 0 fully saturated rings. The predicted molar refractivity (Wildman–Crippen MR) is 249 cm³/mol. The molecule has 8 heteroatoms. The van der Waals surface area contributed by atoms with Gasteiger partial charge in [-0.25, -0.2) is 29.9 Å². The molecule has 0 amide bonds. The molecule has 0 saturated carbocycles. The van der Waals surface area contributed by atoms with Gasteiger partial charge in [0.15, 0.2) is 29.1 Å². The van der Waals surface area contributed by atoms with E-state index in [1.807, 2.05) is 127 Å². The van der Waals surface area contributed by atoms with Crippen LogP contribution in [-0.4, -0.2) is 42.9 Å². The topological polar surface area (TPSA) is 93.6 Å². The van der Waals surface area contributed by atoms with E-state index in [9.17, 15) is 0 Å². The Hall–Kier alpha value is -7.97. The van der Waals surface area contributed by atoms with Gasteiger partial charge in [-0.1, -0.05) is 159 Å². The normalized spacial score (nSPS) is 11.9. The highest BCUT2D eigenvalue weighted by atomic mass is 15.1. The van der Waals surface area contributed by atoms with Gasteiger partial charge in [0.1, 0.15) is 5.82 Å². The van der Waals surface area contributed by atoms with E-state index < -0.39 is 0 Å². The monoisotopic (exact) mass is 790 g/mol. The summed E-state index contributed by atoms with van der Waals surface area (Å²) in [5, 5.41) is 0. The Morgan fingerprint density at radius 3 is 1.67 bits per heavy atom. The maximum absolute atomic E-state index is 5.30. The number of rotatable bonds is 10. The Morgan fingerprint density at radius 1 is 0.525 bits per heavy atom. The number of hydrogen-bond donors (Lipinski definition) is 0. The highest BCUT2D eigenvalue weighted by Crippen LogP contribution is 2.34. The minimum atomic E-state index is 0.291. The summed E-state index contributed by atoms with van der Waals surface area (Å²) in [4.78, 5) is 35.0. The van der Waals surface area contributed by atoms with Crippen LogP contribution in [0.3, 0.4) is 0 Å². The first kappa shape index (κ1) is 38.5. The van der Waals surface area contributed by atoms with Crippen LogP contribution in [0, 0.1) is 0 Å². The van der Waals surface area contributed by atoms with Gasteiger partial charge in [-0.2, -0.15) is 0 Å². The van der Waals surface area contributed by atoms with E-state index >= 15 is 0 Å². The highest BCUT2D eigenvalue weighted by Gasteiger charge is 2.19. The van der Waals surface area contributed by atoms with Gasteiger partial charge in [-0.05, 0) is 66.2 Å². The van der Waals surface area contributed by atoms with Gasteiger partial charge in [-0.15, -0.1) is 0 Å². The van der Waals surface area contributed by atoms with E-state index in [-0.39, 0.29) is 0 Å². The van der Waals surface area contributed by atoms with E-state index in [1.54, 1.807) is 0 Å². The average molecular weight is 791 g/mol. The first-order valence-electron chi connectivity index (χ1n) is 20.3. The van der Waals surface area contributed by atoms with Gasteiger partial charge in [0.25, 0.3) is 0 Å². The molecule has 0 N–H and O–H groups in total. The molecular formula is C53H42N8. The number of hydrogen-bond acceptors (Lipinski definition) is 5. The van der Waals surface area contributed by atoms with E-state index in [0.29, 0.717) is 41.6 Å². The number of nitrogens with zero attached hydrogens (tertiary/aromatic N) is 8. The van der Waals surface area contributed by atoms with Crippen LogP contribution in [0.2, 0.25) is 0 Å². The second-order valence-corrected chi connectivity index (χ2v) is 14.9. The molecule has 9 rings (SSSR count). The molecule has 0 saturated heterocycles. The Bertz CT molecular complexity index is 2970. The van der Waals surface area contributed by atoms with Gasteiger partial charge in [0.2, 0.25) is 0 Å². The third kappa shape index (κ3) is 8.47. The molecule has 2 aromatic heterocycles. The summed E-state index contributed by atoms with van der Waals surface area (Å²) < 4.78 is 2.24. The summed E-state index contributed by atoms with van der Waals surface area (Å²) in [6.45, 7) is 8.57. The molecule has 2 heterocycles. The van der Waals surface area contributed by atoms with Crippen molar-refractivity contribution in [1.29, 1.82) is 0 Å². The Morgan fingerprint density at radius 2 is 1.07 bits per heavy atom. The molecular weight excluding hydrogens is 749 g/mol. The third-order valence-electron chi connectivity index (χ3n) is 10.4. The molecule has 0 atom stereocenters. The number of para-hydroxylation sites is 2.